The number of nitrogens with one attached hydrogen (secondary N) is 2. The number of hydrogen-bond acceptors (Lipinski definition) is 3. The molecule has 0 heterocycles. The van der Waals surface area contributed by atoms with Crippen LogP contribution >= 0.6 is 0 Å². The maximum absolute atomic E-state index is 12.6. The number of rotatable bonds is 9. The Morgan fingerprint density at radius 2 is 1.66 bits per heavy atom. The number of carbonyl (C=O) groups excluding carboxylic acids is 2. The Hall–Kier alpha value is -2.66. The molecule has 29 heavy (non-hydrogen) atoms. The molecule has 0 aliphatic heterocycles. The fraction of sp³-hybridized carbons (Fsp3) is 0.417. The third-order valence-electron chi connectivity index (χ3n) is 5.46. The smallest absolute Gasteiger partial charge is 0.238 e. The molecule has 0 bridgehead atoms. The Morgan fingerprint density at radius 3 is 2.28 bits per heavy atom. The highest BCUT2D eigenvalue weighted by Gasteiger charge is 2.30. The molecule has 1 aliphatic rings. The summed E-state index contributed by atoms with van der Waals surface area (Å²) in [6, 6.07) is 16.3. The van der Waals surface area contributed by atoms with Gasteiger partial charge in [0.15, 0.2) is 0 Å². The summed E-state index contributed by atoms with van der Waals surface area (Å²) < 4.78 is 0. The third kappa shape index (κ3) is 6.16. The third-order valence-corrected chi connectivity index (χ3v) is 5.46. The Kier molecular flexibility index (Phi) is 7.04. The fourth-order valence-corrected chi connectivity index (χ4v) is 3.59. The van der Waals surface area contributed by atoms with E-state index < -0.39 is 0 Å². The SMILES string of the molecule is Cc1cccc(C)c1NC(=O)CN(CCC(=O)NC(C)c1ccccc1)C1CC1. The van der Waals surface area contributed by atoms with E-state index in [1.165, 1.54) is 0 Å². The second-order valence-corrected chi connectivity index (χ2v) is 7.97. The molecular formula is C24H31N3O2. The van der Waals surface area contributed by atoms with Gasteiger partial charge < -0.3 is 10.6 Å². The molecule has 2 aromatic rings. The van der Waals surface area contributed by atoms with Gasteiger partial charge >= 0.3 is 0 Å². The van der Waals surface area contributed by atoms with Crippen LogP contribution in [0.25, 0.3) is 0 Å². The first-order valence-corrected chi connectivity index (χ1v) is 10.4. The maximum atomic E-state index is 12.6. The molecule has 1 atom stereocenters. The van der Waals surface area contributed by atoms with Crippen LogP contribution in [-0.2, 0) is 9.59 Å². The van der Waals surface area contributed by atoms with Gasteiger partial charge in [-0.05, 0) is 50.3 Å². The van der Waals surface area contributed by atoms with E-state index in [-0.39, 0.29) is 17.9 Å². The van der Waals surface area contributed by atoms with E-state index in [4.69, 9.17) is 0 Å². The van der Waals surface area contributed by atoms with E-state index >= 15 is 0 Å². The number of anilines is 1. The van der Waals surface area contributed by atoms with Crippen molar-refractivity contribution in [2.45, 2.75) is 52.1 Å². The lowest BCUT2D eigenvalue weighted by Gasteiger charge is -2.22. The fourth-order valence-electron chi connectivity index (χ4n) is 3.59. The van der Waals surface area contributed by atoms with Gasteiger partial charge in [-0.15, -0.1) is 0 Å². The number of aryl methyl sites for hydroxylation is 2. The summed E-state index contributed by atoms with van der Waals surface area (Å²) in [5.74, 6) is -0.00507. The van der Waals surface area contributed by atoms with Crippen molar-refractivity contribution in [1.82, 2.24) is 10.2 Å². The Balaban J connectivity index is 1.50. The van der Waals surface area contributed by atoms with E-state index in [2.05, 4.69) is 15.5 Å². The highest BCUT2D eigenvalue weighted by atomic mass is 16.2. The van der Waals surface area contributed by atoms with Gasteiger partial charge in [0.2, 0.25) is 11.8 Å². The molecule has 1 aliphatic carbocycles. The topological polar surface area (TPSA) is 61.4 Å². The summed E-state index contributed by atoms with van der Waals surface area (Å²) in [6.45, 7) is 6.90. The lowest BCUT2D eigenvalue weighted by molar-refractivity contribution is -0.123. The van der Waals surface area contributed by atoms with Crippen molar-refractivity contribution in [2.24, 2.45) is 0 Å². The molecule has 0 aromatic heterocycles. The maximum Gasteiger partial charge on any atom is 0.238 e. The summed E-state index contributed by atoms with van der Waals surface area (Å²) in [4.78, 5) is 27.2. The van der Waals surface area contributed by atoms with Gasteiger partial charge in [-0.25, -0.2) is 0 Å². The molecule has 3 rings (SSSR count). The quantitative estimate of drug-likeness (QED) is 0.678. The Bertz CT molecular complexity index is 826. The number of benzene rings is 2. The van der Waals surface area contributed by atoms with Crippen molar-refractivity contribution in [3.05, 3.63) is 65.2 Å². The first-order chi connectivity index (χ1) is 13.9. The van der Waals surface area contributed by atoms with Gasteiger partial charge in [0, 0.05) is 24.7 Å². The highest BCUT2D eigenvalue weighted by Crippen LogP contribution is 2.27. The predicted octanol–water partition coefficient (Wildman–Crippen LogP) is 3.97. The van der Waals surface area contributed by atoms with E-state index in [1.807, 2.05) is 69.3 Å². The first-order valence-electron chi connectivity index (χ1n) is 10.4. The van der Waals surface area contributed by atoms with Crippen LogP contribution in [0.1, 0.15) is 48.9 Å². The minimum atomic E-state index is -0.0228. The summed E-state index contributed by atoms with van der Waals surface area (Å²) in [5, 5.41) is 6.10. The molecule has 154 valence electrons. The molecule has 0 saturated heterocycles. The van der Waals surface area contributed by atoms with E-state index in [0.717, 1.165) is 35.2 Å². The molecule has 0 spiro atoms. The van der Waals surface area contributed by atoms with Crippen molar-refractivity contribution in [2.75, 3.05) is 18.4 Å². The zero-order chi connectivity index (χ0) is 20.8. The standard InChI is InChI=1S/C24H31N3O2/c1-17-8-7-9-18(2)24(17)26-23(29)16-27(21-12-13-21)15-14-22(28)25-19(3)20-10-5-4-6-11-20/h4-11,19,21H,12-16H2,1-3H3,(H,25,28)(H,26,29). The second-order valence-electron chi connectivity index (χ2n) is 7.97. The van der Waals surface area contributed by atoms with Crippen LogP contribution in [-0.4, -0.2) is 35.8 Å². The van der Waals surface area contributed by atoms with E-state index in [9.17, 15) is 9.59 Å². The Morgan fingerprint density at radius 1 is 1.00 bits per heavy atom. The van der Waals surface area contributed by atoms with Crippen molar-refractivity contribution in [1.29, 1.82) is 0 Å². The number of hydrogen-bond donors (Lipinski definition) is 2. The van der Waals surface area contributed by atoms with Gasteiger partial charge in [0.25, 0.3) is 0 Å². The molecule has 0 radical (unpaired) electrons. The van der Waals surface area contributed by atoms with Crippen molar-refractivity contribution in [3.63, 3.8) is 0 Å². The minimum absolute atomic E-state index is 0.0159. The molecule has 5 nitrogen and oxygen atoms in total. The van der Waals surface area contributed by atoms with Gasteiger partial charge in [0.05, 0.1) is 12.6 Å². The molecule has 1 saturated carbocycles. The van der Waals surface area contributed by atoms with Gasteiger partial charge in [0.1, 0.15) is 0 Å². The predicted molar refractivity (Wildman–Crippen MR) is 117 cm³/mol. The average Bonchev–Trinajstić information content (AvgIpc) is 3.54. The molecule has 2 amide bonds. The molecular weight excluding hydrogens is 362 g/mol. The largest absolute Gasteiger partial charge is 0.350 e. The summed E-state index contributed by atoms with van der Waals surface area (Å²) in [6.07, 6.45) is 2.59. The Labute approximate surface area is 173 Å². The van der Waals surface area contributed by atoms with Crippen LogP contribution in [0.4, 0.5) is 5.69 Å². The summed E-state index contributed by atoms with van der Waals surface area (Å²) in [5.41, 5.74) is 4.10. The zero-order valence-electron chi connectivity index (χ0n) is 17.6. The van der Waals surface area contributed by atoms with Crippen LogP contribution < -0.4 is 10.6 Å². The minimum Gasteiger partial charge on any atom is -0.350 e. The number of para-hydroxylation sites is 1. The van der Waals surface area contributed by atoms with Crippen LogP contribution in [0.15, 0.2) is 48.5 Å². The first kappa shape index (κ1) is 21.1. The summed E-state index contributed by atoms with van der Waals surface area (Å²) >= 11 is 0. The van der Waals surface area contributed by atoms with Crippen LogP contribution in [0.3, 0.4) is 0 Å². The van der Waals surface area contributed by atoms with Gasteiger partial charge in [-0.3, -0.25) is 14.5 Å². The van der Waals surface area contributed by atoms with Crippen molar-refractivity contribution < 1.29 is 9.59 Å². The zero-order valence-corrected chi connectivity index (χ0v) is 17.6. The van der Waals surface area contributed by atoms with Crippen LogP contribution in [0, 0.1) is 13.8 Å². The molecule has 1 fully saturated rings. The van der Waals surface area contributed by atoms with Crippen LogP contribution in [0.5, 0.6) is 0 Å². The monoisotopic (exact) mass is 393 g/mol. The van der Waals surface area contributed by atoms with Crippen molar-refractivity contribution >= 4 is 17.5 Å². The number of carbonyl (C=O) groups is 2. The normalized spacial score (nSPS) is 14.5. The van der Waals surface area contributed by atoms with E-state index in [0.29, 0.717) is 25.6 Å². The van der Waals surface area contributed by atoms with Gasteiger partial charge in [-0.2, -0.15) is 0 Å². The van der Waals surface area contributed by atoms with E-state index in [1.54, 1.807) is 0 Å². The molecule has 1 unspecified atom stereocenters. The summed E-state index contributed by atoms with van der Waals surface area (Å²) in [7, 11) is 0. The lowest BCUT2D eigenvalue weighted by atomic mass is 10.1. The molecule has 2 N–H and O–H groups in total. The van der Waals surface area contributed by atoms with Gasteiger partial charge in [-0.1, -0.05) is 48.5 Å². The molecule has 5 heteroatoms. The number of amides is 2. The highest BCUT2D eigenvalue weighted by molar-refractivity contribution is 5.93. The average molecular weight is 394 g/mol. The van der Waals surface area contributed by atoms with Crippen LogP contribution in [0.2, 0.25) is 0 Å². The molecule has 2 aromatic carbocycles. The van der Waals surface area contributed by atoms with Crippen molar-refractivity contribution in [3.8, 4) is 0 Å². The second kappa shape index (κ2) is 9.70. The number of nitrogens with zero attached hydrogens (tertiary/aromatic N) is 1. The lowest BCUT2D eigenvalue weighted by Crippen LogP contribution is -2.38.